The van der Waals surface area contributed by atoms with Gasteiger partial charge in [0.15, 0.2) is 0 Å². The van der Waals surface area contributed by atoms with Gasteiger partial charge in [0.25, 0.3) is 0 Å². The number of halogens is 1. The molecular weight excluding hydrogens is 134 g/mol. The van der Waals surface area contributed by atoms with E-state index < -0.39 is 0 Å². The van der Waals surface area contributed by atoms with Gasteiger partial charge in [0.05, 0.1) is 0 Å². The molecule has 2 heteroatoms. The number of rotatable bonds is 1. The fourth-order valence-electron chi connectivity index (χ4n) is 1.65. The van der Waals surface area contributed by atoms with Crippen molar-refractivity contribution in [2.45, 2.75) is 31.7 Å². The minimum absolute atomic E-state index is 0. The molecule has 1 nitrogen and oxygen atoms in total. The zero-order valence-corrected chi connectivity index (χ0v) is 6.36. The second-order valence-electron chi connectivity index (χ2n) is 3.25. The maximum Gasteiger partial charge on any atom is 0.00737 e. The van der Waals surface area contributed by atoms with E-state index >= 15 is 0 Å². The van der Waals surface area contributed by atoms with E-state index in [2.05, 4.69) is 0 Å². The summed E-state index contributed by atoms with van der Waals surface area (Å²) in [5.41, 5.74) is 5.68. The molecule has 0 amide bonds. The summed E-state index contributed by atoms with van der Waals surface area (Å²) in [4.78, 5) is 0. The standard InChI is InChI=1S/C7H13N.ClH/c8-7-4-6(7)5-2-1-3-5;/h5-7H,1-4,8H2;1H. The van der Waals surface area contributed by atoms with E-state index in [1.54, 1.807) is 0 Å². The molecule has 2 aliphatic carbocycles. The van der Waals surface area contributed by atoms with Crippen LogP contribution < -0.4 is 5.73 Å². The van der Waals surface area contributed by atoms with Gasteiger partial charge in [0, 0.05) is 6.04 Å². The third kappa shape index (κ3) is 1.22. The van der Waals surface area contributed by atoms with Crippen molar-refractivity contribution < 1.29 is 0 Å². The highest BCUT2D eigenvalue weighted by molar-refractivity contribution is 5.85. The maximum atomic E-state index is 5.68. The summed E-state index contributed by atoms with van der Waals surface area (Å²) in [5, 5.41) is 0. The fourth-order valence-corrected chi connectivity index (χ4v) is 1.65. The van der Waals surface area contributed by atoms with E-state index in [1.165, 1.54) is 25.7 Å². The van der Waals surface area contributed by atoms with E-state index in [4.69, 9.17) is 5.73 Å². The summed E-state index contributed by atoms with van der Waals surface area (Å²) in [6.07, 6.45) is 5.73. The molecule has 0 aromatic carbocycles. The van der Waals surface area contributed by atoms with E-state index in [0.717, 1.165) is 11.8 Å². The highest BCUT2D eigenvalue weighted by atomic mass is 35.5. The lowest BCUT2D eigenvalue weighted by atomic mass is 9.81. The van der Waals surface area contributed by atoms with Crippen molar-refractivity contribution in [2.75, 3.05) is 0 Å². The van der Waals surface area contributed by atoms with Crippen molar-refractivity contribution in [1.82, 2.24) is 0 Å². The Morgan fingerprint density at radius 3 is 1.89 bits per heavy atom. The minimum Gasteiger partial charge on any atom is -0.327 e. The van der Waals surface area contributed by atoms with Crippen molar-refractivity contribution in [1.29, 1.82) is 0 Å². The van der Waals surface area contributed by atoms with Crippen molar-refractivity contribution >= 4 is 12.4 Å². The molecule has 2 saturated carbocycles. The quantitative estimate of drug-likeness (QED) is 0.599. The highest BCUT2D eigenvalue weighted by Gasteiger charge is 2.42. The van der Waals surface area contributed by atoms with Crippen LogP contribution in [0.15, 0.2) is 0 Å². The van der Waals surface area contributed by atoms with Crippen LogP contribution in [0.4, 0.5) is 0 Å². The molecular formula is C7H14ClN. The summed E-state index contributed by atoms with van der Waals surface area (Å²) in [6, 6.07) is 0.597. The highest BCUT2D eigenvalue weighted by Crippen LogP contribution is 2.45. The van der Waals surface area contributed by atoms with Gasteiger partial charge in [-0.15, -0.1) is 12.4 Å². The Bertz CT molecular complexity index is 98.3. The number of hydrogen-bond donors (Lipinski definition) is 1. The van der Waals surface area contributed by atoms with Gasteiger partial charge in [-0.1, -0.05) is 19.3 Å². The van der Waals surface area contributed by atoms with Crippen LogP contribution in [0.25, 0.3) is 0 Å². The average Bonchev–Trinajstić information content (AvgIpc) is 2.13. The lowest BCUT2D eigenvalue weighted by molar-refractivity contribution is 0.273. The predicted molar refractivity (Wildman–Crippen MR) is 40.7 cm³/mol. The monoisotopic (exact) mass is 147 g/mol. The molecule has 0 bridgehead atoms. The normalized spacial score (nSPS) is 41.0. The zero-order chi connectivity index (χ0) is 5.56. The number of hydrogen-bond acceptors (Lipinski definition) is 1. The van der Waals surface area contributed by atoms with E-state index in [-0.39, 0.29) is 12.4 Å². The van der Waals surface area contributed by atoms with Crippen LogP contribution in [0.5, 0.6) is 0 Å². The van der Waals surface area contributed by atoms with Crippen LogP contribution in [0, 0.1) is 11.8 Å². The molecule has 0 aliphatic heterocycles. The van der Waals surface area contributed by atoms with Crippen LogP contribution in [0.1, 0.15) is 25.7 Å². The molecule has 2 fully saturated rings. The summed E-state index contributed by atoms with van der Waals surface area (Å²) in [7, 11) is 0. The van der Waals surface area contributed by atoms with Crippen molar-refractivity contribution in [3.05, 3.63) is 0 Å². The van der Waals surface area contributed by atoms with Gasteiger partial charge in [-0.2, -0.15) is 0 Å². The fraction of sp³-hybridized carbons (Fsp3) is 1.00. The van der Waals surface area contributed by atoms with E-state index in [1.807, 2.05) is 0 Å². The Morgan fingerprint density at radius 1 is 1.22 bits per heavy atom. The molecule has 0 saturated heterocycles. The van der Waals surface area contributed by atoms with Crippen LogP contribution in [0.2, 0.25) is 0 Å². The number of nitrogens with two attached hydrogens (primary N) is 1. The molecule has 0 spiro atoms. The lowest BCUT2D eigenvalue weighted by Gasteiger charge is -2.24. The van der Waals surface area contributed by atoms with Crippen LogP contribution in [-0.4, -0.2) is 6.04 Å². The average molecular weight is 148 g/mol. The zero-order valence-electron chi connectivity index (χ0n) is 5.55. The third-order valence-electron chi connectivity index (χ3n) is 2.65. The molecule has 2 unspecified atom stereocenters. The smallest absolute Gasteiger partial charge is 0.00737 e. The van der Waals surface area contributed by atoms with Crippen molar-refractivity contribution in [3.8, 4) is 0 Å². The SMILES string of the molecule is Cl.NC1CC1C1CCC1. The molecule has 2 atom stereocenters. The second-order valence-corrected chi connectivity index (χ2v) is 3.25. The summed E-state index contributed by atoms with van der Waals surface area (Å²) >= 11 is 0. The molecule has 2 N–H and O–H groups in total. The molecule has 2 rings (SSSR count). The van der Waals surface area contributed by atoms with Gasteiger partial charge >= 0.3 is 0 Å². The Hall–Kier alpha value is 0.250. The van der Waals surface area contributed by atoms with Crippen molar-refractivity contribution in [2.24, 2.45) is 17.6 Å². The van der Waals surface area contributed by atoms with Crippen LogP contribution in [-0.2, 0) is 0 Å². The van der Waals surface area contributed by atoms with Crippen LogP contribution >= 0.6 is 12.4 Å². The van der Waals surface area contributed by atoms with E-state index in [9.17, 15) is 0 Å². The minimum atomic E-state index is 0. The van der Waals surface area contributed by atoms with E-state index in [0.29, 0.717) is 6.04 Å². The Balaban J connectivity index is 0.000000405. The van der Waals surface area contributed by atoms with Crippen LogP contribution in [0.3, 0.4) is 0 Å². The van der Waals surface area contributed by atoms with Gasteiger partial charge in [-0.05, 0) is 18.3 Å². The first-order chi connectivity index (χ1) is 3.88. The summed E-state index contributed by atoms with van der Waals surface area (Å²) < 4.78 is 0. The molecule has 54 valence electrons. The Labute approximate surface area is 62.4 Å². The Morgan fingerprint density at radius 2 is 1.78 bits per heavy atom. The molecule has 0 aromatic heterocycles. The second kappa shape index (κ2) is 2.47. The summed E-state index contributed by atoms with van der Waals surface area (Å²) in [6.45, 7) is 0. The third-order valence-corrected chi connectivity index (χ3v) is 2.65. The largest absolute Gasteiger partial charge is 0.327 e. The van der Waals surface area contributed by atoms with Gasteiger partial charge in [0.2, 0.25) is 0 Å². The first kappa shape index (κ1) is 7.36. The maximum absolute atomic E-state index is 5.68. The Kier molecular flexibility index (Phi) is 2.02. The predicted octanol–water partition coefficient (Wildman–Crippen LogP) is 1.56. The lowest BCUT2D eigenvalue weighted by Crippen LogP contribution is -2.17. The first-order valence-corrected chi connectivity index (χ1v) is 3.63. The molecule has 0 aromatic rings. The molecule has 0 heterocycles. The topological polar surface area (TPSA) is 26.0 Å². The van der Waals surface area contributed by atoms with Gasteiger partial charge in [-0.3, -0.25) is 0 Å². The van der Waals surface area contributed by atoms with Gasteiger partial charge in [0.1, 0.15) is 0 Å². The summed E-state index contributed by atoms with van der Waals surface area (Å²) in [5.74, 6) is 1.99. The van der Waals surface area contributed by atoms with Crippen molar-refractivity contribution in [3.63, 3.8) is 0 Å². The molecule has 2 aliphatic rings. The molecule has 0 radical (unpaired) electrons. The molecule has 9 heavy (non-hydrogen) atoms. The van der Waals surface area contributed by atoms with Gasteiger partial charge in [-0.25, -0.2) is 0 Å². The first-order valence-electron chi connectivity index (χ1n) is 3.63. The van der Waals surface area contributed by atoms with Gasteiger partial charge < -0.3 is 5.73 Å².